The molecule has 0 spiro atoms. The number of aryl methyl sites for hydroxylation is 1. The molecule has 60 heavy (non-hydrogen) atoms. The molecule has 2 unspecified atom stereocenters. The van der Waals surface area contributed by atoms with Crippen LogP contribution >= 0.6 is 23.5 Å². The number of carbonyl (C=O) groups is 2. The molecule has 1 aliphatic rings. The van der Waals surface area contributed by atoms with E-state index < -0.39 is 10.2 Å². The molecule has 0 aromatic heterocycles. The van der Waals surface area contributed by atoms with Crippen LogP contribution in [0.5, 0.6) is 17.2 Å². The monoisotopic (exact) mass is 868 g/mol. The summed E-state index contributed by atoms with van der Waals surface area (Å²) in [4.78, 5) is 56.9. The van der Waals surface area contributed by atoms with Gasteiger partial charge in [0.1, 0.15) is 42.4 Å². The van der Waals surface area contributed by atoms with Crippen LogP contribution in [-0.2, 0) is 9.68 Å². The third kappa shape index (κ3) is 16.5. The van der Waals surface area contributed by atoms with Crippen molar-refractivity contribution in [3.8, 4) is 17.2 Å². The number of ether oxygens (including phenoxy) is 3. The van der Waals surface area contributed by atoms with E-state index in [1.807, 2.05) is 79.7 Å². The lowest BCUT2D eigenvalue weighted by molar-refractivity contribution is -0.756. The topological polar surface area (TPSA) is 173 Å². The van der Waals surface area contributed by atoms with Crippen LogP contribution in [0.1, 0.15) is 41.6 Å². The maximum atomic E-state index is 13.4. The minimum Gasteiger partial charge on any atom is -0.497 e. The molecule has 2 amide bonds. The summed E-state index contributed by atoms with van der Waals surface area (Å²) in [6.07, 6.45) is 1.13. The average molecular weight is 869 g/mol. The van der Waals surface area contributed by atoms with Gasteiger partial charge < -0.3 is 33.7 Å². The van der Waals surface area contributed by atoms with Crippen molar-refractivity contribution in [3.05, 3.63) is 146 Å². The van der Waals surface area contributed by atoms with Crippen LogP contribution in [-0.4, -0.2) is 95.6 Å². The maximum absolute atomic E-state index is 13.4. The maximum Gasteiger partial charge on any atom is 0.294 e. The number of methoxy groups -OCH3 is 1. The Labute approximate surface area is 356 Å². The van der Waals surface area contributed by atoms with E-state index in [0.29, 0.717) is 50.6 Å². The number of rotatable bonds is 19. The molecule has 0 N–H and O–H groups in total. The number of likely N-dealkylation sites (tertiary alicyclic amines) is 1. The lowest BCUT2D eigenvalue weighted by atomic mass is 9.81. The van der Waals surface area contributed by atoms with Crippen molar-refractivity contribution in [2.24, 2.45) is 5.92 Å². The van der Waals surface area contributed by atoms with Gasteiger partial charge in [0, 0.05) is 56.6 Å². The summed E-state index contributed by atoms with van der Waals surface area (Å²) in [6, 6.07) is 31.5. The van der Waals surface area contributed by atoms with E-state index in [9.17, 15) is 34.2 Å². The van der Waals surface area contributed by atoms with Gasteiger partial charge in [-0.3, -0.25) is 9.59 Å². The highest BCUT2D eigenvalue weighted by molar-refractivity contribution is 8.13. The Morgan fingerprint density at radius 3 is 2.17 bits per heavy atom. The summed E-state index contributed by atoms with van der Waals surface area (Å²) in [7, 11) is 3.29. The molecule has 15 nitrogen and oxygen atoms in total. The van der Waals surface area contributed by atoms with Crippen LogP contribution in [0.25, 0.3) is 0 Å². The van der Waals surface area contributed by atoms with Gasteiger partial charge in [-0.05, 0) is 66.8 Å². The lowest BCUT2D eigenvalue weighted by Crippen LogP contribution is -2.43. The quantitative estimate of drug-likeness (QED) is 0.0497. The second kappa shape index (κ2) is 25.0. The van der Waals surface area contributed by atoms with Crippen molar-refractivity contribution >= 4 is 34.0 Å². The van der Waals surface area contributed by atoms with Crippen molar-refractivity contribution in [2.45, 2.75) is 31.8 Å². The molecule has 1 fully saturated rings. The van der Waals surface area contributed by atoms with E-state index in [1.54, 1.807) is 42.2 Å². The zero-order valence-electron chi connectivity index (χ0n) is 33.6. The first-order valence-electron chi connectivity index (χ1n) is 19.1. The fourth-order valence-electron chi connectivity index (χ4n) is 6.24. The molecule has 1 aliphatic heterocycles. The van der Waals surface area contributed by atoms with Crippen LogP contribution < -0.4 is 14.2 Å². The first-order chi connectivity index (χ1) is 28.9. The van der Waals surface area contributed by atoms with Gasteiger partial charge >= 0.3 is 0 Å². The van der Waals surface area contributed by atoms with Crippen molar-refractivity contribution < 1.29 is 48.0 Å². The van der Waals surface area contributed by atoms with Crippen LogP contribution in [0.15, 0.2) is 103 Å². The van der Waals surface area contributed by atoms with Crippen molar-refractivity contribution in [1.29, 1.82) is 0 Å². The molecule has 1 saturated heterocycles. The number of benzene rings is 4. The standard InChI is InChI=1S/C22H25FN2O6S.C20H24N2O5S/c1-29-19-3-2-4-20(13-19)30-15-17-14-24(22(26)32-12-11-31-25(27)28)10-9-21(17)16-5-7-18(23)8-6-16;1-16-8-10-18(11-9-16)27-19(17-6-4-3-5-7-17)12-13-21(2)20(23)28-15-14-26-22(24)25/h2-8,13,17,21H,9-12,14-15H2,1H3;3-11,19H,12-15H2,1-2H3/t17?,21-;/m0./s1. The Morgan fingerprint density at radius 1 is 0.867 bits per heavy atom. The van der Waals surface area contributed by atoms with Gasteiger partial charge in [0.2, 0.25) is 0 Å². The van der Waals surface area contributed by atoms with Gasteiger partial charge in [-0.15, -0.1) is 20.2 Å². The van der Waals surface area contributed by atoms with Gasteiger partial charge in [0.25, 0.3) is 20.7 Å². The zero-order chi connectivity index (χ0) is 43.3. The number of carbonyl (C=O) groups excluding carboxylic acids is 2. The third-order valence-electron chi connectivity index (χ3n) is 9.32. The molecular formula is C42H49FN4O11S2. The number of thioether (sulfide) groups is 2. The Bertz CT molecular complexity index is 1950. The summed E-state index contributed by atoms with van der Waals surface area (Å²) >= 11 is 1.99. The first-order valence-corrected chi connectivity index (χ1v) is 21.0. The summed E-state index contributed by atoms with van der Waals surface area (Å²) in [5.74, 6) is 2.35. The van der Waals surface area contributed by atoms with Crippen LogP contribution in [0, 0.1) is 38.9 Å². The summed E-state index contributed by atoms with van der Waals surface area (Å²) in [6.45, 7) is 3.64. The van der Waals surface area contributed by atoms with Gasteiger partial charge in [0.15, 0.2) is 0 Å². The lowest BCUT2D eigenvalue weighted by Gasteiger charge is -2.38. The van der Waals surface area contributed by atoms with Gasteiger partial charge in [-0.25, -0.2) is 4.39 Å². The molecule has 4 aromatic carbocycles. The van der Waals surface area contributed by atoms with Crippen LogP contribution in [0.3, 0.4) is 0 Å². The molecule has 3 atom stereocenters. The van der Waals surface area contributed by atoms with Gasteiger partial charge in [-0.2, -0.15) is 0 Å². The highest BCUT2D eigenvalue weighted by atomic mass is 32.2. The van der Waals surface area contributed by atoms with E-state index >= 15 is 0 Å². The number of piperidine rings is 1. The number of amides is 2. The zero-order valence-corrected chi connectivity index (χ0v) is 35.2. The molecule has 0 aliphatic carbocycles. The SMILES string of the molecule is COc1cccc(OCC2CN(C(=O)SCCO[N+](=O)[O-])CC[C@H]2c2ccc(F)cc2)c1.Cc1ccc(OC(CCN(C)C(=O)SCCO[N+](=O)[O-])c2ccccc2)cc1. The minimum absolute atomic E-state index is 0.0139. The Hall–Kier alpha value is -5.75. The molecule has 18 heteroatoms. The molecule has 0 saturated carbocycles. The predicted molar refractivity (Wildman–Crippen MR) is 227 cm³/mol. The molecule has 0 radical (unpaired) electrons. The summed E-state index contributed by atoms with van der Waals surface area (Å²) < 4.78 is 30.8. The molecule has 0 bridgehead atoms. The molecule has 322 valence electrons. The minimum atomic E-state index is -0.870. The number of hydrogen-bond acceptors (Lipinski definition) is 13. The van der Waals surface area contributed by atoms with E-state index in [0.717, 1.165) is 46.0 Å². The van der Waals surface area contributed by atoms with Crippen LogP contribution in [0.2, 0.25) is 0 Å². The van der Waals surface area contributed by atoms with E-state index in [4.69, 9.17) is 14.2 Å². The van der Waals surface area contributed by atoms with E-state index in [2.05, 4.69) is 9.68 Å². The fraction of sp³-hybridized carbons (Fsp3) is 0.381. The molecule has 1 heterocycles. The Kier molecular flexibility index (Phi) is 19.6. The fourth-order valence-corrected chi connectivity index (χ4v) is 7.56. The van der Waals surface area contributed by atoms with Gasteiger partial charge in [0.05, 0.1) is 13.7 Å². The van der Waals surface area contributed by atoms with Crippen molar-refractivity contribution in [2.75, 3.05) is 65.1 Å². The predicted octanol–water partition coefficient (Wildman–Crippen LogP) is 8.88. The average Bonchev–Trinajstić information content (AvgIpc) is 3.25. The number of hydrogen-bond donors (Lipinski definition) is 0. The Morgan fingerprint density at radius 2 is 1.52 bits per heavy atom. The molecule has 4 aromatic rings. The second-order valence-corrected chi connectivity index (χ2v) is 15.6. The normalized spacial score (nSPS) is 15.0. The van der Waals surface area contributed by atoms with Crippen molar-refractivity contribution in [3.63, 3.8) is 0 Å². The highest BCUT2D eigenvalue weighted by Gasteiger charge is 2.33. The first kappa shape index (κ1) is 46.9. The Balaban J connectivity index is 0.000000267. The summed E-state index contributed by atoms with van der Waals surface area (Å²) in [5, 5.41) is 18.3. The second-order valence-electron chi connectivity index (χ2n) is 13.5. The molecular weight excluding hydrogens is 820 g/mol. The number of halogens is 1. The third-order valence-corrected chi connectivity index (χ3v) is 11.1. The van der Waals surface area contributed by atoms with Crippen LogP contribution in [0.4, 0.5) is 14.0 Å². The van der Waals surface area contributed by atoms with E-state index in [-0.39, 0.29) is 59.0 Å². The van der Waals surface area contributed by atoms with E-state index in [1.165, 1.54) is 12.1 Å². The summed E-state index contributed by atoms with van der Waals surface area (Å²) in [5.41, 5.74) is 3.20. The van der Waals surface area contributed by atoms with Crippen molar-refractivity contribution in [1.82, 2.24) is 9.80 Å². The largest absolute Gasteiger partial charge is 0.497 e. The molecule has 5 rings (SSSR count). The smallest absolute Gasteiger partial charge is 0.294 e. The van der Waals surface area contributed by atoms with Gasteiger partial charge in [-0.1, -0.05) is 89.8 Å². The highest BCUT2D eigenvalue weighted by Crippen LogP contribution is 2.35. The number of nitrogens with zero attached hydrogens (tertiary/aromatic N) is 4.